The molecule has 0 fully saturated rings. The Balaban J connectivity index is 1.93. The fraction of sp³-hybridized carbons (Fsp3) is 0.263. The van der Waals surface area contributed by atoms with Gasteiger partial charge in [0.25, 0.3) is 5.91 Å². The van der Waals surface area contributed by atoms with Crippen molar-refractivity contribution in [3.05, 3.63) is 82.3 Å². The van der Waals surface area contributed by atoms with Gasteiger partial charge in [0.1, 0.15) is 5.69 Å². The number of H-pyrrole nitrogens is 1. The first-order valence-corrected chi connectivity index (χ1v) is 7.95. The van der Waals surface area contributed by atoms with E-state index in [1.165, 1.54) is 18.3 Å². The predicted octanol–water partition coefficient (Wildman–Crippen LogP) is 2.17. The van der Waals surface area contributed by atoms with E-state index in [0.29, 0.717) is 12.8 Å². The number of benzene rings is 1. The number of aromatic nitrogens is 1. The molecule has 1 atom stereocenters. The Morgan fingerprint density at radius 1 is 1.21 bits per heavy atom. The van der Waals surface area contributed by atoms with Gasteiger partial charge in [-0.2, -0.15) is 0 Å². The third-order valence-electron chi connectivity index (χ3n) is 4.57. The van der Waals surface area contributed by atoms with Gasteiger partial charge in [-0.15, -0.1) is 0 Å². The van der Waals surface area contributed by atoms with Crippen LogP contribution in [0.5, 0.6) is 0 Å². The number of carbonyl (C=O) groups is 1. The molecule has 124 valence electrons. The van der Waals surface area contributed by atoms with E-state index in [1.807, 2.05) is 42.5 Å². The van der Waals surface area contributed by atoms with Crippen LogP contribution < -0.4 is 10.7 Å². The van der Waals surface area contributed by atoms with Crippen LogP contribution in [0.15, 0.2) is 65.6 Å². The van der Waals surface area contributed by atoms with E-state index in [4.69, 9.17) is 0 Å². The number of pyridine rings is 1. The average Bonchev–Trinajstić information content (AvgIpc) is 3.10. The number of hydrogen-bond donors (Lipinski definition) is 3. The average molecular weight is 324 g/mol. The minimum absolute atomic E-state index is 0.0366. The molecule has 0 spiro atoms. The molecule has 1 unspecified atom stereocenters. The Morgan fingerprint density at radius 2 is 1.92 bits per heavy atom. The van der Waals surface area contributed by atoms with E-state index in [1.54, 1.807) is 0 Å². The van der Waals surface area contributed by atoms with Crippen LogP contribution >= 0.6 is 0 Å². The number of rotatable bonds is 5. The highest BCUT2D eigenvalue weighted by atomic mass is 16.3. The third kappa shape index (κ3) is 3.16. The first-order valence-electron chi connectivity index (χ1n) is 7.95. The highest BCUT2D eigenvalue weighted by Gasteiger charge is 2.40. The second-order valence-corrected chi connectivity index (χ2v) is 6.16. The Kier molecular flexibility index (Phi) is 4.62. The van der Waals surface area contributed by atoms with Gasteiger partial charge >= 0.3 is 0 Å². The molecule has 5 heteroatoms. The van der Waals surface area contributed by atoms with Crippen LogP contribution in [0.4, 0.5) is 0 Å². The van der Waals surface area contributed by atoms with Crippen LogP contribution in [0.2, 0.25) is 0 Å². The summed E-state index contributed by atoms with van der Waals surface area (Å²) in [4.78, 5) is 26.9. The summed E-state index contributed by atoms with van der Waals surface area (Å²) in [6.45, 7) is -0.0366. The van der Waals surface area contributed by atoms with Gasteiger partial charge in [-0.25, -0.2) is 0 Å². The van der Waals surface area contributed by atoms with Crippen molar-refractivity contribution in [1.29, 1.82) is 0 Å². The van der Waals surface area contributed by atoms with Crippen molar-refractivity contribution < 1.29 is 9.90 Å². The Bertz CT molecular complexity index is 788. The number of aliphatic hydroxyl groups is 1. The van der Waals surface area contributed by atoms with Crippen LogP contribution in [-0.4, -0.2) is 22.6 Å². The lowest BCUT2D eigenvalue weighted by atomic mass is 9.75. The number of carbonyl (C=O) groups excluding carboxylic acids is 1. The maximum atomic E-state index is 12.6. The molecule has 0 saturated carbocycles. The van der Waals surface area contributed by atoms with Gasteiger partial charge in [0, 0.05) is 23.7 Å². The summed E-state index contributed by atoms with van der Waals surface area (Å²) in [6.07, 6.45) is 6.89. The highest BCUT2D eigenvalue weighted by molar-refractivity contribution is 5.92. The summed E-state index contributed by atoms with van der Waals surface area (Å²) < 4.78 is 0. The summed E-state index contributed by atoms with van der Waals surface area (Å²) in [5.41, 5.74) is 0.449. The van der Waals surface area contributed by atoms with Gasteiger partial charge in [0.05, 0.1) is 12.6 Å². The Hall–Kier alpha value is -2.66. The lowest BCUT2D eigenvalue weighted by Gasteiger charge is -2.37. The second kappa shape index (κ2) is 6.84. The fourth-order valence-electron chi connectivity index (χ4n) is 3.20. The van der Waals surface area contributed by atoms with Gasteiger partial charge in [-0.1, -0.05) is 42.5 Å². The Labute approximate surface area is 140 Å². The van der Waals surface area contributed by atoms with Crippen LogP contribution in [0, 0.1) is 5.41 Å². The fourth-order valence-corrected chi connectivity index (χ4v) is 3.20. The van der Waals surface area contributed by atoms with Crippen molar-refractivity contribution in [2.45, 2.75) is 18.9 Å². The largest absolute Gasteiger partial charge is 0.396 e. The normalized spacial score (nSPS) is 16.7. The van der Waals surface area contributed by atoms with Crippen molar-refractivity contribution in [1.82, 2.24) is 10.3 Å². The van der Waals surface area contributed by atoms with Gasteiger partial charge < -0.3 is 15.4 Å². The van der Waals surface area contributed by atoms with Crippen molar-refractivity contribution in [2.24, 2.45) is 5.41 Å². The minimum Gasteiger partial charge on any atom is -0.396 e. The van der Waals surface area contributed by atoms with E-state index in [-0.39, 0.29) is 29.7 Å². The number of allylic oxidation sites excluding steroid dienone is 2. The van der Waals surface area contributed by atoms with E-state index in [9.17, 15) is 14.7 Å². The molecule has 0 aliphatic heterocycles. The molecular formula is C19H20N2O3. The second-order valence-electron chi connectivity index (χ2n) is 6.16. The lowest BCUT2D eigenvalue weighted by Crippen LogP contribution is -2.42. The summed E-state index contributed by atoms with van der Waals surface area (Å²) in [7, 11) is 0. The smallest absolute Gasteiger partial charge is 0.268 e. The van der Waals surface area contributed by atoms with Crippen molar-refractivity contribution in [3.63, 3.8) is 0 Å². The predicted molar refractivity (Wildman–Crippen MR) is 91.6 cm³/mol. The summed E-state index contributed by atoms with van der Waals surface area (Å²) in [5, 5.41) is 13.0. The molecule has 0 radical (unpaired) electrons. The first-order chi connectivity index (χ1) is 11.6. The standard InChI is InChI=1S/C19H20N2O3/c22-13-19(9-4-5-10-19)17(14-6-2-1-3-7-14)21-18(24)16-12-15(23)8-11-20-16/h1-8,11-12,17,22H,9-10,13H2,(H,20,23)(H,21,24). The first kappa shape index (κ1) is 16.2. The maximum Gasteiger partial charge on any atom is 0.268 e. The molecular weight excluding hydrogens is 304 g/mol. The number of hydrogen-bond acceptors (Lipinski definition) is 3. The number of aromatic amines is 1. The SMILES string of the molecule is O=C(NC(c1ccccc1)C1(CO)CC=CC1)c1cc(=O)cc[nH]1. The molecule has 3 rings (SSSR count). The highest BCUT2D eigenvalue weighted by Crippen LogP contribution is 2.44. The molecule has 24 heavy (non-hydrogen) atoms. The molecule has 2 aromatic rings. The quantitative estimate of drug-likeness (QED) is 0.737. The maximum absolute atomic E-state index is 12.6. The van der Waals surface area contributed by atoms with Crippen molar-refractivity contribution in [2.75, 3.05) is 6.61 Å². The molecule has 1 aliphatic rings. The van der Waals surface area contributed by atoms with E-state index < -0.39 is 5.41 Å². The third-order valence-corrected chi connectivity index (χ3v) is 4.57. The Morgan fingerprint density at radius 3 is 2.54 bits per heavy atom. The van der Waals surface area contributed by atoms with Gasteiger partial charge in [-0.3, -0.25) is 9.59 Å². The minimum atomic E-state index is -0.466. The monoisotopic (exact) mass is 324 g/mol. The van der Waals surface area contributed by atoms with Gasteiger partial charge in [-0.05, 0) is 18.4 Å². The van der Waals surface area contributed by atoms with E-state index in [0.717, 1.165) is 5.56 Å². The number of amides is 1. The summed E-state index contributed by atoms with van der Waals surface area (Å²) in [6, 6.07) is 11.9. The topological polar surface area (TPSA) is 82.2 Å². The van der Waals surface area contributed by atoms with Crippen LogP contribution in [0.1, 0.15) is 34.9 Å². The summed E-state index contributed by atoms with van der Waals surface area (Å²) in [5.74, 6) is -0.360. The van der Waals surface area contributed by atoms with Crippen LogP contribution in [-0.2, 0) is 0 Å². The van der Waals surface area contributed by atoms with Crippen molar-refractivity contribution in [3.8, 4) is 0 Å². The molecule has 1 aromatic heterocycles. The zero-order valence-corrected chi connectivity index (χ0v) is 13.2. The number of aliphatic hydroxyl groups excluding tert-OH is 1. The summed E-state index contributed by atoms with van der Waals surface area (Å²) >= 11 is 0. The molecule has 1 aromatic carbocycles. The zero-order chi connectivity index (χ0) is 17.0. The van der Waals surface area contributed by atoms with Crippen LogP contribution in [0.3, 0.4) is 0 Å². The van der Waals surface area contributed by atoms with Crippen LogP contribution in [0.25, 0.3) is 0 Å². The molecule has 1 amide bonds. The van der Waals surface area contributed by atoms with Crippen molar-refractivity contribution >= 4 is 5.91 Å². The molecule has 5 nitrogen and oxygen atoms in total. The van der Waals surface area contributed by atoms with E-state index >= 15 is 0 Å². The molecule has 3 N–H and O–H groups in total. The molecule has 0 bridgehead atoms. The molecule has 0 saturated heterocycles. The number of nitrogens with one attached hydrogen (secondary N) is 2. The van der Waals surface area contributed by atoms with Gasteiger partial charge in [0.15, 0.2) is 5.43 Å². The molecule has 1 heterocycles. The van der Waals surface area contributed by atoms with Gasteiger partial charge in [0.2, 0.25) is 0 Å². The van der Waals surface area contributed by atoms with E-state index in [2.05, 4.69) is 10.3 Å². The lowest BCUT2D eigenvalue weighted by molar-refractivity contribution is 0.0723. The zero-order valence-electron chi connectivity index (χ0n) is 13.2. The molecule has 1 aliphatic carbocycles.